The first-order valence-electron chi connectivity index (χ1n) is 6.65. The normalized spacial score (nSPS) is 24.9. The van der Waals surface area contributed by atoms with Crippen LogP contribution in [0, 0.1) is 0 Å². The third kappa shape index (κ3) is 5.54. The van der Waals surface area contributed by atoms with Crippen LogP contribution in [0.1, 0.15) is 33.6 Å². The zero-order valence-electron chi connectivity index (χ0n) is 12.3. The molecule has 2 unspecified atom stereocenters. The van der Waals surface area contributed by atoms with E-state index in [9.17, 15) is 9.59 Å². The van der Waals surface area contributed by atoms with E-state index in [2.05, 4.69) is 6.58 Å². The average Bonchev–Trinajstić information content (AvgIpc) is 2.34. The summed E-state index contributed by atoms with van der Waals surface area (Å²) in [5.74, 6) is -0.257. The van der Waals surface area contributed by atoms with E-state index >= 15 is 0 Å². The van der Waals surface area contributed by atoms with Crippen LogP contribution in [0.2, 0.25) is 0 Å². The molecule has 1 rings (SSSR count). The summed E-state index contributed by atoms with van der Waals surface area (Å²) in [7, 11) is 0. The standard InChI is InChI=1S/C14H22O5S/c1-10(2)12(15)18-11(3)13(16)19-14(4)9-17-7-5-6-8-20-14/h11H,1,5-9H2,2-4H3. The Morgan fingerprint density at radius 2 is 2.10 bits per heavy atom. The molecule has 0 aromatic carbocycles. The zero-order chi connectivity index (χ0) is 15.2. The summed E-state index contributed by atoms with van der Waals surface area (Å²) in [6, 6.07) is 0. The molecular weight excluding hydrogens is 280 g/mol. The van der Waals surface area contributed by atoms with Gasteiger partial charge in [-0.15, -0.1) is 11.8 Å². The molecule has 1 heterocycles. The molecule has 2 atom stereocenters. The van der Waals surface area contributed by atoms with Gasteiger partial charge in [0.15, 0.2) is 11.0 Å². The number of ether oxygens (including phenoxy) is 3. The molecule has 0 bridgehead atoms. The third-order valence-corrected chi connectivity index (χ3v) is 4.04. The second-order valence-electron chi connectivity index (χ2n) is 4.99. The van der Waals surface area contributed by atoms with Crippen molar-refractivity contribution in [1.29, 1.82) is 0 Å². The van der Waals surface area contributed by atoms with Gasteiger partial charge in [0.1, 0.15) is 0 Å². The van der Waals surface area contributed by atoms with E-state index < -0.39 is 23.0 Å². The van der Waals surface area contributed by atoms with Crippen molar-refractivity contribution < 1.29 is 23.8 Å². The molecule has 0 N–H and O–H groups in total. The van der Waals surface area contributed by atoms with Gasteiger partial charge >= 0.3 is 11.9 Å². The predicted molar refractivity (Wildman–Crippen MR) is 77.4 cm³/mol. The minimum atomic E-state index is -0.956. The van der Waals surface area contributed by atoms with E-state index in [1.807, 2.05) is 6.92 Å². The number of carbonyl (C=O) groups is 2. The van der Waals surface area contributed by atoms with Crippen molar-refractivity contribution in [1.82, 2.24) is 0 Å². The fourth-order valence-electron chi connectivity index (χ4n) is 1.56. The molecule has 0 aliphatic carbocycles. The van der Waals surface area contributed by atoms with Crippen LogP contribution in [0.3, 0.4) is 0 Å². The van der Waals surface area contributed by atoms with Gasteiger partial charge in [-0.25, -0.2) is 9.59 Å². The topological polar surface area (TPSA) is 61.8 Å². The van der Waals surface area contributed by atoms with E-state index in [1.54, 1.807) is 11.8 Å². The van der Waals surface area contributed by atoms with Crippen LogP contribution in [0.4, 0.5) is 0 Å². The van der Waals surface area contributed by atoms with Gasteiger partial charge in [-0.05, 0) is 39.4 Å². The lowest BCUT2D eigenvalue weighted by atomic mass is 10.3. The van der Waals surface area contributed by atoms with Crippen molar-refractivity contribution in [3.05, 3.63) is 12.2 Å². The molecule has 6 heteroatoms. The maximum atomic E-state index is 12.0. The van der Waals surface area contributed by atoms with E-state index in [1.165, 1.54) is 13.8 Å². The summed E-state index contributed by atoms with van der Waals surface area (Å²) in [6.45, 7) is 9.31. The Morgan fingerprint density at radius 3 is 2.75 bits per heavy atom. The van der Waals surface area contributed by atoms with Crippen molar-refractivity contribution >= 4 is 23.7 Å². The van der Waals surface area contributed by atoms with Crippen molar-refractivity contribution in [2.45, 2.75) is 44.6 Å². The third-order valence-electron chi connectivity index (χ3n) is 2.74. The maximum Gasteiger partial charge on any atom is 0.348 e. The number of hydrogen-bond acceptors (Lipinski definition) is 6. The summed E-state index contributed by atoms with van der Waals surface area (Å²) in [5.41, 5.74) is 0.250. The Balaban J connectivity index is 2.53. The minimum Gasteiger partial charge on any atom is -0.447 e. The van der Waals surface area contributed by atoms with Crippen LogP contribution in [-0.2, 0) is 23.8 Å². The zero-order valence-corrected chi connectivity index (χ0v) is 13.1. The van der Waals surface area contributed by atoms with Crippen molar-refractivity contribution in [3.8, 4) is 0 Å². The van der Waals surface area contributed by atoms with Crippen LogP contribution < -0.4 is 0 Å². The smallest absolute Gasteiger partial charge is 0.348 e. The summed E-state index contributed by atoms with van der Waals surface area (Å²) in [6.07, 6.45) is 1.09. The van der Waals surface area contributed by atoms with Gasteiger partial charge in [0, 0.05) is 12.2 Å². The fourth-order valence-corrected chi connectivity index (χ4v) is 2.65. The Hall–Kier alpha value is -1.01. The lowest BCUT2D eigenvalue weighted by Crippen LogP contribution is -2.39. The first kappa shape index (κ1) is 17.0. The van der Waals surface area contributed by atoms with Crippen molar-refractivity contribution in [2.75, 3.05) is 19.0 Å². The molecule has 5 nitrogen and oxygen atoms in total. The summed E-state index contributed by atoms with van der Waals surface area (Å²) >= 11 is 1.54. The number of carbonyl (C=O) groups excluding carboxylic acids is 2. The molecule has 1 aliphatic heterocycles. The molecule has 114 valence electrons. The molecule has 0 saturated carbocycles. The molecule has 20 heavy (non-hydrogen) atoms. The largest absolute Gasteiger partial charge is 0.447 e. The van der Waals surface area contributed by atoms with Crippen molar-refractivity contribution in [2.24, 2.45) is 0 Å². The molecule has 0 aromatic rings. The van der Waals surface area contributed by atoms with Crippen molar-refractivity contribution in [3.63, 3.8) is 0 Å². The fraction of sp³-hybridized carbons (Fsp3) is 0.714. The number of esters is 2. The predicted octanol–water partition coefficient (Wildman–Crippen LogP) is 2.30. The summed E-state index contributed by atoms with van der Waals surface area (Å²) < 4.78 is 15.9. The van der Waals surface area contributed by atoms with E-state index in [0.29, 0.717) is 13.2 Å². The molecule has 1 aliphatic rings. The Kier molecular flexibility index (Phi) is 6.55. The van der Waals surface area contributed by atoms with Crippen LogP contribution in [-0.4, -0.2) is 41.9 Å². The summed E-state index contributed by atoms with van der Waals surface area (Å²) in [5, 5.41) is 0. The molecule has 1 saturated heterocycles. The Bertz CT molecular complexity index is 372. The van der Waals surface area contributed by atoms with Crippen LogP contribution in [0.15, 0.2) is 12.2 Å². The van der Waals surface area contributed by atoms with Gasteiger partial charge in [0.2, 0.25) is 0 Å². The first-order valence-corrected chi connectivity index (χ1v) is 7.64. The quantitative estimate of drug-likeness (QED) is 0.586. The van der Waals surface area contributed by atoms with E-state index in [4.69, 9.17) is 14.2 Å². The number of thioether (sulfide) groups is 1. The van der Waals surface area contributed by atoms with Crippen LogP contribution in [0.5, 0.6) is 0 Å². The highest BCUT2D eigenvalue weighted by Crippen LogP contribution is 2.30. The second-order valence-corrected chi connectivity index (χ2v) is 6.55. The summed E-state index contributed by atoms with van der Waals surface area (Å²) in [4.78, 5) is 22.6. The van der Waals surface area contributed by atoms with Gasteiger partial charge in [-0.2, -0.15) is 0 Å². The molecule has 1 fully saturated rings. The van der Waals surface area contributed by atoms with Gasteiger partial charge in [-0.1, -0.05) is 6.58 Å². The SMILES string of the molecule is C=C(C)C(=O)OC(C)C(=O)OC1(C)COCCCCS1. The molecule has 0 radical (unpaired) electrons. The Labute approximate surface area is 124 Å². The average molecular weight is 302 g/mol. The highest BCUT2D eigenvalue weighted by atomic mass is 32.2. The van der Waals surface area contributed by atoms with E-state index in [0.717, 1.165) is 18.6 Å². The minimum absolute atomic E-state index is 0.250. The van der Waals surface area contributed by atoms with Gasteiger partial charge < -0.3 is 14.2 Å². The molecule has 0 aromatic heterocycles. The lowest BCUT2D eigenvalue weighted by Gasteiger charge is -2.31. The lowest BCUT2D eigenvalue weighted by molar-refractivity contribution is -0.172. The maximum absolute atomic E-state index is 12.0. The van der Waals surface area contributed by atoms with E-state index in [-0.39, 0.29) is 5.57 Å². The second kappa shape index (κ2) is 7.69. The highest BCUT2D eigenvalue weighted by molar-refractivity contribution is 8.00. The number of rotatable bonds is 4. The van der Waals surface area contributed by atoms with Gasteiger partial charge in [-0.3, -0.25) is 0 Å². The molecule has 0 amide bonds. The monoisotopic (exact) mass is 302 g/mol. The number of hydrogen-bond donors (Lipinski definition) is 0. The first-order chi connectivity index (χ1) is 9.34. The van der Waals surface area contributed by atoms with Crippen LogP contribution in [0.25, 0.3) is 0 Å². The van der Waals surface area contributed by atoms with Gasteiger partial charge in [0.25, 0.3) is 0 Å². The molecular formula is C14H22O5S. The van der Waals surface area contributed by atoms with Crippen LogP contribution >= 0.6 is 11.8 Å². The van der Waals surface area contributed by atoms with Gasteiger partial charge in [0.05, 0.1) is 6.61 Å². The highest BCUT2D eigenvalue weighted by Gasteiger charge is 2.33. The Morgan fingerprint density at radius 1 is 1.40 bits per heavy atom. The molecule has 0 spiro atoms.